The fourth-order valence-electron chi connectivity index (χ4n) is 2.70. The predicted molar refractivity (Wildman–Crippen MR) is 71.7 cm³/mol. The summed E-state index contributed by atoms with van der Waals surface area (Å²) in [5.41, 5.74) is -0.0664. The number of carboxylic acid groups (broad SMARTS) is 1. The molecule has 21 heavy (non-hydrogen) atoms. The normalized spacial score (nSPS) is 32.1. The molecular formula is C13H13NO6S. The average molecular weight is 311 g/mol. The third-order valence-corrected chi connectivity index (χ3v) is 5.07. The molecule has 3 aliphatic heterocycles. The Balaban J connectivity index is 1.83. The molecule has 0 aromatic heterocycles. The maximum Gasteiger partial charge on any atom is 0.353 e. The van der Waals surface area contributed by atoms with Crippen LogP contribution in [0.25, 0.3) is 0 Å². The fraction of sp³-hybridized carbons (Fsp3) is 0.462. The number of aliphatic hydroxyl groups excluding tert-OH is 1. The van der Waals surface area contributed by atoms with Crippen LogP contribution in [0.4, 0.5) is 0 Å². The molecule has 0 bridgehead atoms. The molecule has 4 atom stereocenters. The fourth-order valence-corrected chi connectivity index (χ4v) is 4.36. The first kappa shape index (κ1) is 14.2. The number of aliphatic hydroxyl groups is 1. The summed E-state index contributed by atoms with van der Waals surface area (Å²) < 4.78 is 5.00. The van der Waals surface area contributed by atoms with Crippen LogP contribution in [0.3, 0.4) is 0 Å². The van der Waals surface area contributed by atoms with E-state index in [0.717, 1.165) is 0 Å². The predicted octanol–water partition coefficient (Wildman–Crippen LogP) is 0.0664. The van der Waals surface area contributed by atoms with Crippen LogP contribution in [0.15, 0.2) is 22.8 Å². The number of β-lactam (4-membered cyclic amide) rings is 1. The molecule has 1 amide bonds. The van der Waals surface area contributed by atoms with E-state index in [1.165, 1.54) is 29.7 Å². The van der Waals surface area contributed by atoms with Crippen LogP contribution >= 0.6 is 11.8 Å². The van der Waals surface area contributed by atoms with Gasteiger partial charge in [0, 0.05) is 17.4 Å². The van der Waals surface area contributed by atoms with Gasteiger partial charge in [0.1, 0.15) is 17.2 Å². The highest BCUT2D eigenvalue weighted by Gasteiger charge is 2.57. The van der Waals surface area contributed by atoms with Gasteiger partial charge in [-0.1, -0.05) is 0 Å². The van der Waals surface area contributed by atoms with Gasteiger partial charge in [-0.25, -0.2) is 9.59 Å². The van der Waals surface area contributed by atoms with Crippen LogP contribution in [0.5, 0.6) is 0 Å². The van der Waals surface area contributed by atoms with Crippen molar-refractivity contribution in [2.24, 2.45) is 5.92 Å². The molecule has 112 valence electrons. The van der Waals surface area contributed by atoms with E-state index in [9.17, 15) is 24.6 Å². The van der Waals surface area contributed by atoms with Gasteiger partial charge in [0.05, 0.1) is 12.0 Å². The zero-order valence-electron chi connectivity index (χ0n) is 11.1. The van der Waals surface area contributed by atoms with E-state index in [0.29, 0.717) is 4.91 Å². The lowest BCUT2D eigenvalue weighted by Gasteiger charge is -2.43. The smallest absolute Gasteiger partial charge is 0.353 e. The molecule has 0 aromatic rings. The highest BCUT2D eigenvalue weighted by atomic mass is 32.2. The van der Waals surface area contributed by atoms with Gasteiger partial charge < -0.3 is 14.9 Å². The monoisotopic (exact) mass is 311 g/mol. The number of carbonyl (C=O) groups excluding carboxylic acids is 2. The van der Waals surface area contributed by atoms with E-state index in [1.54, 1.807) is 6.08 Å². The van der Waals surface area contributed by atoms with Crippen molar-refractivity contribution < 1.29 is 29.3 Å². The molecule has 3 aliphatic rings. The lowest BCUT2D eigenvalue weighted by atomic mass is 9.92. The molecule has 0 aromatic carbocycles. The van der Waals surface area contributed by atoms with Crippen LogP contribution < -0.4 is 0 Å². The minimum absolute atomic E-state index is 0.0664. The Morgan fingerprint density at radius 3 is 2.76 bits per heavy atom. The van der Waals surface area contributed by atoms with Crippen LogP contribution in [0.2, 0.25) is 0 Å². The Morgan fingerprint density at radius 2 is 2.24 bits per heavy atom. The standard InChI is InChI=1S/C13H13NO6S/c1-5(15)9-11(17)14-10(13(18)19)7(21-12(9)14)4-6-2-3-8(16)20-6/h2-3,5-6,9,12,15H,4H2,1H3,(H,18,19)/t5-,6?,9+,12-/m1/s1. The zero-order chi connectivity index (χ0) is 15.3. The number of esters is 1. The number of nitrogens with zero attached hydrogens (tertiary/aromatic N) is 1. The number of carboxylic acids is 1. The molecule has 0 aliphatic carbocycles. The van der Waals surface area contributed by atoms with Gasteiger partial charge in [-0.15, -0.1) is 11.8 Å². The van der Waals surface area contributed by atoms with Gasteiger partial charge in [0.25, 0.3) is 0 Å². The molecule has 3 heterocycles. The van der Waals surface area contributed by atoms with Crippen molar-refractivity contribution in [1.29, 1.82) is 0 Å². The van der Waals surface area contributed by atoms with Gasteiger partial charge in [-0.2, -0.15) is 0 Å². The number of ether oxygens (including phenoxy) is 1. The minimum atomic E-state index is -1.19. The summed E-state index contributed by atoms with van der Waals surface area (Å²) in [5.74, 6) is -2.62. The van der Waals surface area contributed by atoms with E-state index in [-0.39, 0.29) is 23.4 Å². The van der Waals surface area contributed by atoms with Gasteiger partial charge in [-0.05, 0) is 13.0 Å². The molecule has 1 unspecified atom stereocenters. The summed E-state index contributed by atoms with van der Waals surface area (Å²) in [6, 6.07) is 0. The number of thioether (sulfide) groups is 1. The maximum atomic E-state index is 12.0. The Bertz CT molecular complexity index is 595. The highest BCUT2D eigenvalue weighted by Crippen LogP contribution is 2.51. The lowest BCUT2D eigenvalue weighted by molar-refractivity contribution is -0.156. The molecule has 2 N–H and O–H groups in total. The molecule has 3 rings (SSSR count). The van der Waals surface area contributed by atoms with Crippen molar-refractivity contribution in [2.45, 2.75) is 30.9 Å². The van der Waals surface area contributed by atoms with Crippen LogP contribution in [0, 0.1) is 5.92 Å². The second kappa shape index (κ2) is 4.88. The molecule has 0 spiro atoms. The summed E-state index contributed by atoms with van der Waals surface area (Å²) in [4.78, 5) is 36.1. The maximum absolute atomic E-state index is 12.0. The number of fused-ring (bicyclic) bond motifs is 1. The third kappa shape index (κ3) is 2.14. The van der Waals surface area contributed by atoms with E-state index >= 15 is 0 Å². The number of carbonyl (C=O) groups is 3. The number of aliphatic carboxylic acids is 1. The summed E-state index contributed by atoms with van der Waals surface area (Å²) in [5, 5.41) is 18.5. The Kier molecular flexibility index (Phi) is 3.29. The minimum Gasteiger partial charge on any atom is -0.477 e. The third-order valence-electron chi connectivity index (χ3n) is 3.68. The largest absolute Gasteiger partial charge is 0.477 e. The molecule has 7 nitrogen and oxygen atoms in total. The average Bonchev–Trinajstić information content (AvgIpc) is 2.91. The van der Waals surface area contributed by atoms with Gasteiger partial charge in [-0.3, -0.25) is 9.69 Å². The summed E-state index contributed by atoms with van der Waals surface area (Å²) >= 11 is 1.24. The summed E-state index contributed by atoms with van der Waals surface area (Å²) in [7, 11) is 0. The van der Waals surface area contributed by atoms with Crippen molar-refractivity contribution in [3.05, 3.63) is 22.8 Å². The van der Waals surface area contributed by atoms with Gasteiger partial charge >= 0.3 is 11.9 Å². The second-order valence-corrected chi connectivity index (χ2v) is 6.31. The summed E-state index contributed by atoms with van der Waals surface area (Å²) in [6.07, 6.45) is 1.75. The quantitative estimate of drug-likeness (QED) is 0.559. The molecule has 1 saturated heterocycles. The number of hydrogen-bond donors (Lipinski definition) is 2. The van der Waals surface area contributed by atoms with Crippen molar-refractivity contribution in [2.75, 3.05) is 0 Å². The SMILES string of the molecule is C[C@@H](O)[C@H]1C(=O)N2C(C(=O)O)=C(CC3C=CC(=O)O3)S[C@H]12. The Morgan fingerprint density at radius 1 is 1.52 bits per heavy atom. The first-order valence-electron chi connectivity index (χ1n) is 6.43. The second-order valence-electron chi connectivity index (χ2n) is 5.10. The van der Waals surface area contributed by atoms with Gasteiger partial charge in [0.2, 0.25) is 5.91 Å². The van der Waals surface area contributed by atoms with Crippen LogP contribution in [-0.2, 0) is 19.1 Å². The molecular weight excluding hydrogens is 298 g/mol. The first-order valence-corrected chi connectivity index (χ1v) is 7.31. The molecule has 0 saturated carbocycles. The zero-order valence-corrected chi connectivity index (χ0v) is 11.9. The van der Waals surface area contributed by atoms with Crippen molar-refractivity contribution in [3.8, 4) is 0 Å². The molecule has 8 heteroatoms. The molecule has 1 fully saturated rings. The first-order chi connectivity index (χ1) is 9.90. The number of rotatable bonds is 4. The van der Waals surface area contributed by atoms with E-state index in [1.807, 2.05) is 0 Å². The summed E-state index contributed by atoms with van der Waals surface area (Å²) in [6.45, 7) is 1.51. The highest BCUT2D eigenvalue weighted by molar-refractivity contribution is 8.04. The van der Waals surface area contributed by atoms with Gasteiger partial charge in [0.15, 0.2) is 0 Å². The van der Waals surface area contributed by atoms with E-state index in [2.05, 4.69) is 0 Å². The lowest BCUT2D eigenvalue weighted by Crippen LogP contribution is -2.60. The van der Waals surface area contributed by atoms with E-state index < -0.39 is 30.1 Å². The molecule has 0 radical (unpaired) electrons. The topological polar surface area (TPSA) is 104 Å². The number of cyclic esters (lactones) is 1. The Labute approximate surface area is 124 Å². The number of amides is 1. The van der Waals surface area contributed by atoms with Crippen molar-refractivity contribution >= 4 is 29.6 Å². The van der Waals surface area contributed by atoms with Crippen molar-refractivity contribution in [3.63, 3.8) is 0 Å². The number of hydrogen-bond acceptors (Lipinski definition) is 6. The van der Waals surface area contributed by atoms with E-state index in [4.69, 9.17) is 4.74 Å². The van der Waals surface area contributed by atoms with Crippen LogP contribution in [-0.4, -0.2) is 50.5 Å². The Hall–Kier alpha value is -1.80. The van der Waals surface area contributed by atoms with Crippen molar-refractivity contribution in [1.82, 2.24) is 4.90 Å². The van der Waals surface area contributed by atoms with Crippen LogP contribution in [0.1, 0.15) is 13.3 Å².